The monoisotopic (exact) mass is 598 g/mol. The van der Waals surface area contributed by atoms with Gasteiger partial charge in [-0.25, -0.2) is 14.6 Å². The molecule has 1 aromatic heterocycles. The Morgan fingerprint density at radius 3 is 2.41 bits per heavy atom. The second-order valence-electron chi connectivity index (χ2n) is 13.0. The highest BCUT2D eigenvalue weighted by molar-refractivity contribution is 5.95. The van der Waals surface area contributed by atoms with Crippen LogP contribution in [0, 0.1) is 0 Å². The summed E-state index contributed by atoms with van der Waals surface area (Å²) < 4.78 is 5.73. The molecule has 3 aliphatic rings. The Morgan fingerprint density at radius 1 is 1.00 bits per heavy atom. The highest BCUT2D eigenvalue weighted by Crippen LogP contribution is 2.43. The third-order valence-electron chi connectivity index (χ3n) is 8.55. The maximum absolute atomic E-state index is 13.8. The van der Waals surface area contributed by atoms with Crippen molar-refractivity contribution < 1.29 is 14.3 Å². The maximum Gasteiger partial charge on any atom is 0.415 e. The first-order valence-corrected chi connectivity index (χ1v) is 15.3. The molecule has 2 atom stereocenters. The van der Waals surface area contributed by atoms with Gasteiger partial charge in [-0.2, -0.15) is 4.98 Å². The lowest BCUT2D eigenvalue weighted by Crippen LogP contribution is -2.52. The van der Waals surface area contributed by atoms with Gasteiger partial charge in [0.2, 0.25) is 5.95 Å². The van der Waals surface area contributed by atoms with Crippen LogP contribution in [-0.4, -0.2) is 83.8 Å². The Bertz CT molecular complexity index is 1530. The van der Waals surface area contributed by atoms with Crippen LogP contribution in [0.3, 0.4) is 0 Å². The van der Waals surface area contributed by atoms with Crippen molar-refractivity contribution in [3.8, 4) is 0 Å². The molecule has 0 spiro atoms. The standard InChI is InChI=1S/C33H42N8O3/c1-22-19-28(26-9-7-8-10-27(26)41(22)32(43)44-33(2,3)4)40-21-23-20-34-30(36-29(23)38(6)31(40)42)35-24-11-13-25(14-12-24)39-17-15-37(5)16-18-39/h7-14,20,22,28H,15-19,21H2,1-6H3,(H,34,35,36)/t22-,28-/m0/s1. The zero-order valence-corrected chi connectivity index (χ0v) is 26.4. The van der Waals surface area contributed by atoms with E-state index < -0.39 is 5.60 Å². The molecule has 0 saturated carbocycles. The van der Waals surface area contributed by atoms with Crippen LogP contribution in [-0.2, 0) is 11.3 Å². The van der Waals surface area contributed by atoms with Gasteiger partial charge in [0.1, 0.15) is 11.4 Å². The van der Waals surface area contributed by atoms with Gasteiger partial charge >= 0.3 is 12.1 Å². The molecule has 0 bridgehead atoms. The van der Waals surface area contributed by atoms with Crippen LogP contribution >= 0.6 is 0 Å². The van der Waals surface area contributed by atoms with E-state index in [1.807, 2.05) is 69.0 Å². The van der Waals surface area contributed by atoms with Crippen molar-refractivity contribution in [3.05, 3.63) is 65.9 Å². The molecule has 3 amide bonds. The van der Waals surface area contributed by atoms with Crippen molar-refractivity contribution in [2.24, 2.45) is 0 Å². The number of carbonyl (C=O) groups is 2. The number of amides is 3. The molecule has 1 saturated heterocycles. The summed E-state index contributed by atoms with van der Waals surface area (Å²) in [6.45, 7) is 12.1. The van der Waals surface area contributed by atoms with Crippen LogP contribution in [0.5, 0.6) is 0 Å². The van der Waals surface area contributed by atoms with Gasteiger partial charge in [0.05, 0.1) is 18.3 Å². The van der Waals surface area contributed by atoms with Gasteiger partial charge in [-0.1, -0.05) is 18.2 Å². The lowest BCUT2D eigenvalue weighted by molar-refractivity contribution is 0.0554. The number of carbonyl (C=O) groups excluding carboxylic acids is 2. The van der Waals surface area contributed by atoms with Crippen molar-refractivity contribution in [1.29, 1.82) is 0 Å². The SMILES string of the molecule is C[C@H]1C[C@H](N2Cc3cnc(Nc4ccc(N5CCN(C)CC5)cc4)nc3N(C)C2=O)c2ccccc2N1C(=O)OC(C)(C)C. The minimum Gasteiger partial charge on any atom is -0.443 e. The Balaban J connectivity index is 1.20. The lowest BCUT2D eigenvalue weighted by Gasteiger charge is -2.45. The molecule has 1 N–H and O–H groups in total. The van der Waals surface area contributed by atoms with Crippen LogP contribution in [0.25, 0.3) is 0 Å². The topological polar surface area (TPSA) is 97.4 Å². The van der Waals surface area contributed by atoms with Crippen molar-refractivity contribution in [2.45, 2.75) is 58.3 Å². The van der Waals surface area contributed by atoms with Crippen LogP contribution in [0.2, 0.25) is 0 Å². The summed E-state index contributed by atoms with van der Waals surface area (Å²) in [5.74, 6) is 1.03. The highest BCUT2D eigenvalue weighted by atomic mass is 16.6. The summed E-state index contributed by atoms with van der Waals surface area (Å²) in [5, 5.41) is 3.30. The number of ether oxygens (including phenoxy) is 1. The lowest BCUT2D eigenvalue weighted by atomic mass is 9.90. The van der Waals surface area contributed by atoms with Gasteiger partial charge in [0, 0.05) is 62.4 Å². The van der Waals surface area contributed by atoms with Gasteiger partial charge in [-0.15, -0.1) is 0 Å². The number of hydrogen-bond acceptors (Lipinski definition) is 8. The normalized spacial score (nSPS) is 20.7. The first-order chi connectivity index (χ1) is 21.0. The zero-order valence-electron chi connectivity index (χ0n) is 26.4. The number of likely N-dealkylation sites (N-methyl/N-ethyl adjacent to an activating group) is 1. The van der Waals surface area contributed by atoms with Gasteiger partial charge in [-0.05, 0) is 77.1 Å². The fraction of sp³-hybridized carbons (Fsp3) is 0.455. The molecule has 2 aromatic carbocycles. The average Bonchev–Trinajstić information content (AvgIpc) is 2.99. The molecule has 11 nitrogen and oxygen atoms in total. The smallest absolute Gasteiger partial charge is 0.415 e. The van der Waals surface area contributed by atoms with E-state index in [4.69, 9.17) is 9.72 Å². The summed E-state index contributed by atoms with van der Waals surface area (Å²) in [4.78, 5) is 46.3. The number of piperazine rings is 1. The van der Waals surface area contributed by atoms with Crippen LogP contribution in [0.15, 0.2) is 54.7 Å². The summed E-state index contributed by atoms with van der Waals surface area (Å²) in [5.41, 5.74) is 4.02. The molecule has 4 heterocycles. The largest absolute Gasteiger partial charge is 0.443 e. The van der Waals surface area contributed by atoms with Gasteiger partial charge in [0.25, 0.3) is 0 Å². The molecule has 0 aliphatic carbocycles. The summed E-state index contributed by atoms with van der Waals surface area (Å²) >= 11 is 0. The number of benzene rings is 2. The Morgan fingerprint density at radius 2 is 1.70 bits per heavy atom. The molecule has 44 heavy (non-hydrogen) atoms. The quantitative estimate of drug-likeness (QED) is 0.414. The van der Waals surface area contributed by atoms with E-state index in [0.29, 0.717) is 24.7 Å². The van der Waals surface area contributed by atoms with Crippen molar-refractivity contribution in [2.75, 3.05) is 60.3 Å². The first kappa shape index (κ1) is 29.7. The van der Waals surface area contributed by atoms with E-state index in [9.17, 15) is 9.59 Å². The third-order valence-corrected chi connectivity index (χ3v) is 8.55. The predicted octanol–water partition coefficient (Wildman–Crippen LogP) is 5.62. The van der Waals surface area contributed by atoms with E-state index in [-0.39, 0.29) is 24.2 Å². The number of fused-ring (bicyclic) bond motifs is 2. The van der Waals surface area contributed by atoms with Crippen LogP contribution in [0.1, 0.15) is 51.3 Å². The fourth-order valence-electron chi connectivity index (χ4n) is 6.25. The zero-order chi connectivity index (χ0) is 31.2. The summed E-state index contributed by atoms with van der Waals surface area (Å²) in [7, 11) is 3.91. The Kier molecular flexibility index (Phi) is 7.83. The number of nitrogens with zero attached hydrogens (tertiary/aromatic N) is 7. The summed E-state index contributed by atoms with van der Waals surface area (Å²) in [6, 6.07) is 15.5. The molecular weight excluding hydrogens is 556 g/mol. The molecule has 3 aromatic rings. The predicted molar refractivity (Wildman–Crippen MR) is 173 cm³/mol. The Hall–Kier alpha value is -4.38. The van der Waals surface area contributed by atoms with Gasteiger partial charge in [0.15, 0.2) is 0 Å². The van der Waals surface area contributed by atoms with E-state index >= 15 is 0 Å². The minimum atomic E-state index is -0.611. The number of rotatable bonds is 4. The average molecular weight is 599 g/mol. The molecular formula is C33H42N8O3. The van der Waals surface area contributed by atoms with E-state index in [0.717, 1.165) is 48.7 Å². The van der Waals surface area contributed by atoms with E-state index in [2.05, 4.69) is 39.3 Å². The number of aromatic nitrogens is 2. The molecule has 232 valence electrons. The van der Waals surface area contributed by atoms with E-state index in [1.54, 1.807) is 23.0 Å². The van der Waals surface area contributed by atoms with Gasteiger partial charge in [-0.3, -0.25) is 9.80 Å². The van der Waals surface area contributed by atoms with Crippen molar-refractivity contribution in [1.82, 2.24) is 19.8 Å². The second kappa shape index (κ2) is 11.6. The summed E-state index contributed by atoms with van der Waals surface area (Å²) in [6.07, 6.45) is 1.99. The third kappa shape index (κ3) is 5.88. The number of urea groups is 1. The maximum atomic E-state index is 13.8. The molecule has 0 unspecified atom stereocenters. The first-order valence-electron chi connectivity index (χ1n) is 15.3. The molecule has 0 radical (unpaired) electrons. The van der Waals surface area contributed by atoms with Crippen LogP contribution < -0.4 is 20.0 Å². The van der Waals surface area contributed by atoms with Crippen molar-refractivity contribution >= 4 is 41.0 Å². The number of para-hydroxylation sites is 1. The van der Waals surface area contributed by atoms with Gasteiger partial charge < -0.3 is 24.8 Å². The highest BCUT2D eigenvalue weighted by Gasteiger charge is 2.42. The molecule has 11 heteroatoms. The molecule has 6 rings (SSSR count). The minimum absolute atomic E-state index is 0.142. The molecule has 1 fully saturated rings. The van der Waals surface area contributed by atoms with Crippen molar-refractivity contribution in [3.63, 3.8) is 0 Å². The number of hydrogen-bond donors (Lipinski definition) is 1. The second-order valence-corrected chi connectivity index (χ2v) is 13.0. The van der Waals surface area contributed by atoms with Crippen LogP contribution in [0.4, 0.5) is 38.4 Å². The number of nitrogens with one attached hydrogen (secondary N) is 1. The Labute approximate surface area is 259 Å². The number of anilines is 5. The van der Waals surface area contributed by atoms with E-state index in [1.165, 1.54) is 5.69 Å². The molecule has 3 aliphatic heterocycles. The fourth-order valence-corrected chi connectivity index (χ4v) is 6.25.